The molecule has 1 N–H and O–H groups in total. The second-order valence-corrected chi connectivity index (χ2v) is 8.72. The third kappa shape index (κ3) is 5.93. The second-order valence-electron chi connectivity index (χ2n) is 8.32. The number of benzene rings is 1. The largest absolute Gasteiger partial charge is 0.484 e. The first kappa shape index (κ1) is 25.4. The first-order chi connectivity index (χ1) is 16.9. The number of hydrogen-bond acceptors (Lipinski definition) is 7. The van der Waals surface area contributed by atoms with Crippen LogP contribution in [0.2, 0.25) is 5.02 Å². The molecule has 0 radical (unpaired) electrons. The molecule has 1 aromatic carbocycles. The van der Waals surface area contributed by atoms with Crippen molar-refractivity contribution in [1.29, 1.82) is 0 Å². The molecule has 2 heterocycles. The molecule has 0 aliphatic heterocycles. The summed E-state index contributed by atoms with van der Waals surface area (Å²) in [7, 11) is 0. The predicted octanol–water partition coefficient (Wildman–Crippen LogP) is 4.90. The van der Waals surface area contributed by atoms with Crippen molar-refractivity contribution in [3.8, 4) is 11.5 Å². The van der Waals surface area contributed by atoms with E-state index >= 15 is 0 Å². The summed E-state index contributed by atoms with van der Waals surface area (Å²) in [4.78, 5) is 19.7. The summed E-state index contributed by atoms with van der Waals surface area (Å²) >= 11 is 5.62. The van der Waals surface area contributed by atoms with E-state index in [1.54, 1.807) is 32.1 Å². The average molecular weight is 527 g/mol. The maximum Gasteiger partial charge on any atom is 0.434 e. The van der Waals surface area contributed by atoms with Crippen LogP contribution in [0.1, 0.15) is 36.3 Å². The number of carbonyl (C=O) groups excluding carboxylic acids is 1. The van der Waals surface area contributed by atoms with Gasteiger partial charge in [0.2, 0.25) is 5.82 Å². The number of alkyl halides is 3. The van der Waals surface area contributed by atoms with Gasteiger partial charge >= 0.3 is 6.18 Å². The van der Waals surface area contributed by atoms with E-state index < -0.39 is 34.2 Å². The molecule has 1 unspecified atom stereocenters. The summed E-state index contributed by atoms with van der Waals surface area (Å²) in [5, 5.41) is 6.00. The highest BCUT2D eigenvalue weighted by molar-refractivity contribution is 6.31. The van der Waals surface area contributed by atoms with Gasteiger partial charge in [-0.1, -0.05) is 28.9 Å². The summed E-state index contributed by atoms with van der Waals surface area (Å²) in [6, 6.07) is 5.35. The molecule has 1 aliphatic rings. The number of carbonyl (C=O) groups is 1. The zero-order valence-electron chi connectivity index (χ0n) is 18.9. The summed E-state index contributed by atoms with van der Waals surface area (Å²) in [6.45, 7) is 2.94. The number of hydrogen-bond donors (Lipinski definition) is 1. The number of pyridine rings is 1. The minimum Gasteiger partial charge on any atom is -0.484 e. The molecular weight excluding hydrogens is 508 g/mol. The van der Waals surface area contributed by atoms with E-state index in [0.717, 1.165) is 12.3 Å². The molecule has 3 aromatic rings. The van der Waals surface area contributed by atoms with Gasteiger partial charge in [-0.2, -0.15) is 18.2 Å². The van der Waals surface area contributed by atoms with Crippen molar-refractivity contribution >= 4 is 23.1 Å². The number of aromatic nitrogens is 3. The minimum atomic E-state index is -4.67. The molecule has 36 heavy (non-hydrogen) atoms. The van der Waals surface area contributed by atoms with Crippen LogP contribution in [0.25, 0.3) is 5.57 Å². The molecule has 1 amide bonds. The van der Waals surface area contributed by atoms with Gasteiger partial charge < -0.3 is 19.3 Å². The van der Waals surface area contributed by atoms with E-state index in [4.69, 9.17) is 25.6 Å². The van der Waals surface area contributed by atoms with Crippen molar-refractivity contribution in [3.05, 3.63) is 70.4 Å². The van der Waals surface area contributed by atoms with Crippen molar-refractivity contribution in [2.45, 2.75) is 38.6 Å². The van der Waals surface area contributed by atoms with Gasteiger partial charge in [0.1, 0.15) is 17.3 Å². The van der Waals surface area contributed by atoms with E-state index in [2.05, 4.69) is 20.4 Å². The molecule has 8 nitrogen and oxygen atoms in total. The number of aryl methyl sites for hydroxylation is 1. The highest BCUT2D eigenvalue weighted by Gasteiger charge is 2.37. The fourth-order valence-electron chi connectivity index (χ4n) is 3.43. The summed E-state index contributed by atoms with van der Waals surface area (Å²) < 4.78 is 67.7. The van der Waals surface area contributed by atoms with Crippen LogP contribution < -0.4 is 14.8 Å². The molecule has 1 aliphatic carbocycles. The Balaban J connectivity index is 1.28. The van der Waals surface area contributed by atoms with Gasteiger partial charge in [-0.05, 0) is 25.5 Å². The zero-order chi connectivity index (χ0) is 26.1. The van der Waals surface area contributed by atoms with Gasteiger partial charge in [0, 0.05) is 24.1 Å². The van der Waals surface area contributed by atoms with Crippen LogP contribution in [0.5, 0.6) is 11.5 Å². The molecule has 0 saturated heterocycles. The van der Waals surface area contributed by atoms with E-state index in [0.29, 0.717) is 17.6 Å². The fraction of sp³-hybridized carbons (Fsp3) is 0.304. The van der Waals surface area contributed by atoms with Gasteiger partial charge in [-0.25, -0.2) is 9.37 Å². The van der Waals surface area contributed by atoms with Gasteiger partial charge in [-0.15, -0.1) is 0 Å². The summed E-state index contributed by atoms with van der Waals surface area (Å²) in [6.07, 6.45) is -1.62. The number of amides is 1. The Hall–Kier alpha value is -3.67. The Morgan fingerprint density at radius 2 is 2.00 bits per heavy atom. The third-order valence-electron chi connectivity index (χ3n) is 5.18. The number of nitrogens with zero attached hydrogens (tertiary/aromatic N) is 3. The Kier molecular flexibility index (Phi) is 6.90. The normalized spacial score (nSPS) is 17.2. The molecule has 1 atom stereocenters. The van der Waals surface area contributed by atoms with Crippen LogP contribution in [0.3, 0.4) is 0 Å². The minimum absolute atomic E-state index is 0.00749. The Labute approximate surface area is 207 Å². The predicted molar refractivity (Wildman–Crippen MR) is 119 cm³/mol. The first-order valence-electron chi connectivity index (χ1n) is 10.5. The maximum absolute atomic E-state index is 13.6. The smallest absolute Gasteiger partial charge is 0.434 e. The highest BCUT2D eigenvalue weighted by atomic mass is 35.5. The summed E-state index contributed by atoms with van der Waals surface area (Å²) in [5.74, 6) is -0.187. The number of nitrogens with one attached hydrogen (secondary N) is 1. The van der Waals surface area contributed by atoms with E-state index in [1.165, 1.54) is 6.07 Å². The maximum atomic E-state index is 13.6. The van der Waals surface area contributed by atoms with Gasteiger partial charge in [0.05, 0.1) is 16.8 Å². The lowest BCUT2D eigenvalue weighted by Gasteiger charge is -2.35. The van der Waals surface area contributed by atoms with Crippen LogP contribution in [0.15, 0.2) is 41.1 Å². The Bertz CT molecular complexity index is 1330. The summed E-state index contributed by atoms with van der Waals surface area (Å²) in [5.41, 5.74) is -0.705. The third-order valence-corrected chi connectivity index (χ3v) is 5.47. The molecule has 190 valence electrons. The lowest BCUT2D eigenvalue weighted by atomic mass is 9.80. The molecule has 0 saturated carbocycles. The van der Waals surface area contributed by atoms with E-state index in [1.807, 2.05) is 0 Å². The molecule has 0 bridgehead atoms. The first-order valence-corrected chi connectivity index (χ1v) is 10.9. The molecule has 0 fully saturated rings. The van der Waals surface area contributed by atoms with Crippen molar-refractivity contribution < 1.29 is 36.4 Å². The number of ether oxygens (including phenoxy) is 2. The van der Waals surface area contributed by atoms with Crippen molar-refractivity contribution in [2.24, 2.45) is 0 Å². The van der Waals surface area contributed by atoms with Gasteiger partial charge in [-0.3, -0.25) is 4.79 Å². The van der Waals surface area contributed by atoms with Crippen LogP contribution in [0.4, 0.5) is 17.6 Å². The van der Waals surface area contributed by atoms with Crippen molar-refractivity contribution in [1.82, 2.24) is 20.4 Å². The number of rotatable bonds is 8. The van der Waals surface area contributed by atoms with Crippen molar-refractivity contribution in [3.63, 3.8) is 0 Å². The Morgan fingerprint density at radius 3 is 2.67 bits per heavy atom. The molecular formula is C23H19ClF4N4O4. The Morgan fingerprint density at radius 1 is 1.25 bits per heavy atom. The number of halogens is 5. The second kappa shape index (κ2) is 9.76. The van der Waals surface area contributed by atoms with E-state index in [-0.39, 0.29) is 36.4 Å². The van der Waals surface area contributed by atoms with Crippen LogP contribution in [0, 0.1) is 12.7 Å². The van der Waals surface area contributed by atoms with Crippen LogP contribution >= 0.6 is 11.6 Å². The van der Waals surface area contributed by atoms with Crippen LogP contribution in [-0.2, 0) is 17.6 Å². The van der Waals surface area contributed by atoms with Gasteiger partial charge in [0.15, 0.2) is 18.9 Å². The SMILES string of the molecule is Cc1ccc(OCC(=O)NC2(C)C=C(c3nc(COc4cnc(C(F)(F)F)c(Cl)c4)no3)C2)cc1F. The standard InChI is InChI=1S/C23H19ClF4N4O4/c1-12-3-4-14(6-17(12)25)35-11-19(33)31-22(2)7-13(8-22)21-30-18(32-36-21)10-34-15-5-16(24)20(29-9-15)23(26,27)28/h3-7,9H,8,10-11H2,1-2H3,(H,31,33). The molecule has 13 heteroatoms. The van der Waals surface area contributed by atoms with Crippen LogP contribution in [-0.4, -0.2) is 33.2 Å². The lowest BCUT2D eigenvalue weighted by molar-refractivity contribution is -0.141. The quantitative estimate of drug-likeness (QED) is 0.417. The average Bonchev–Trinajstić information content (AvgIpc) is 3.24. The topological polar surface area (TPSA) is 99.4 Å². The highest BCUT2D eigenvalue weighted by Crippen LogP contribution is 2.37. The monoisotopic (exact) mass is 526 g/mol. The van der Waals surface area contributed by atoms with Gasteiger partial charge in [0.25, 0.3) is 11.8 Å². The zero-order valence-corrected chi connectivity index (χ0v) is 19.7. The van der Waals surface area contributed by atoms with E-state index in [9.17, 15) is 22.4 Å². The van der Waals surface area contributed by atoms with Crippen molar-refractivity contribution in [2.75, 3.05) is 6.61 Å². The molecule has 4 rings (SSSR count). The molecule has 0 spiro atoms. The lowest BCUT2D eigenvalue weighted by Crippen LogP contribution is -2.50. The molecule has 2 aromatic heterocycles. The fourth-order valence-corrected chi connectivity index (χ4v) is 3.70.